The first-order valence-electron chi connectivity index (χ1n) is 6.35. The lowest BCUT2D eigenvalue weighted by Crippen LogP contribution is -2.15. The van der Waals surface area contributed by atoms with E-state index in [1.54, 1.807) is 12.5 Å². The quantitative estimate of drug-likeness (QED) is 0.940. The van der Waals surface area contributed by atoms with Gasteiger partial charge in [0.05, 0.1) is 18.2 Å². The molecule has 1 N–H and O–H groups in total. The number of imidazole rings is 1. The maximum Gasteiger partial charge on any atom is 0.265 e. The molecule has 5 nitrogen and oxygen atoms in total. The van der Waals surface area contributed by atoms with Crippen molar-refractivity contribution in [2.45, 2.75) is 39.7 Å². The highest BCUT2D eigenvalue weighted by Gasteiger charge is 2.14. The van der Waals surface area contributed by atoms with E-state index in [9.17, 15) is 4.79 Å². The van der Waals surface area contributed by atoms with E-state index in [1.165, 1.54) is 0 Å². The topological polar surface area (TPSA) is 63.6 Å². The fourth-order valence-electron chi connectivity index (χ4n) is 1.93. The second-order valence-electron chi connectivity index (χ2n) is 4.71. The average molecular weight is 325 g/mol. The predicted molar refractivity (Wildman–Crippen MR) is 78.2 cm³/mol. The number of hydrogen-bond donors (Lipinski definition) is 1. The highest BCUT2D eigenvalue weighted by atomic mass is 79.9. The summed E-state index contributed by atoms with van der Waals surface area (Å²) in [7, 11) is 0. The number of aryl methyl sites for hydroxylation is 1. The first kappa shape index (κ1) is 14.0. The van der Waals surface area contributed by atoms with Crippen LogP contribution < -0.4 is 5.56 Å². The lowest BCUT2D eigenvalue weighted by atomic mass is 10.2. The van der Waals surface area contributed by atoms with Crippen LogP contribution in [0.25, 0.3) is 11.5 Å². The number of aromatic amines is 1. The Hall–Kier alpha value is -1.43. The van der Waals surface area contributed by atoms with Crippen molar-refractivity contribution in [3.05, 3.63) is 33.0 Å². The molecule has 0 bridgehead atoms. The largest absolute Gasteiger partial charge is 0.326 e. The minimum Gasteiger partial charge on any atom is -0.326 e. The molecule has 0 fully saturated rings. The highest BCUT2D eigenvalue weighted by Crippen LogP contribution is 2.20. The molecule has 0 aromatic carbocycles. The number of halogens is 1. The van der Waals surface area contributed by atoms with Gasteiger partial charge in [0, 0.05) is 6.04 Å². The Morgan fingerprint density at radius 2 is 2.21 bits per heavy atom. The van der Waals surface area contributed by atoms with Crippen LogP contribution in [-0.2, 0) is 6.42 Å². The van der Waals surface area contributed by atoms with Crippen LogP contribution >= 0.6 is 15.9 Å². The molecular weight excluding hydrogens is 308 g/mol. The summed E-state index contributed by atoms with van der Waals surface area (Å²) in [6.45, 7) is 6.19. The Morgan fingerprint density at radius 1 is 1.47 bits per heavy atom. The first-order chi connectivity index (χ1) is 9.04. The second-order valence-corrected chi connectivity index (χ2v) is 5.50. The van der Waals surface area contributed by atoms with Crippen molar-refractivity contribution in [1.82, 2.24) is 19.5 Å². The van der Waals surface area contributed by atoms with Crippen molar-refractivity contribution >= 4 is 15.9 Å². The summed E-state index contributed by atoms with van der Waals surface area (Å²) in [6.07, 6.45) is 5.19. The zero-order chi connectivity index (χ0) is 14.0. The van der Waals surface area contributed by atoms with Gasteiger partial charge in [-0.05, 0) is 36.2 Å². The van der Waals surface area contributed by atoms with Crippen LogP contribution in [0.5, 0.6) is 0 Å². The van der Waals surface area contributed by atoms with E-state index in [1.807, 2.05) is 4.57 Å². The standard InChI is InChI=1S/C13H17BrN4O/c1-4-5-9-11(14)13(19)17-12(16-9)10-6-15-7-18(10)8(2)3/h6-8H,4-5H2,1-3H3,(H,16,17,19). The fourth-order valence-corrected chi connectivity index (χ4v) is 2.31. The van der Waals surface area contributed by atoms with Gasteiger partial charge in [0.2, 0.25) is 0 Å². The maximum atomic E-state index is 11.9. The number of hydrogen-bond acceptors (Lipinski definition) is 3. The van der Waals surface area contributed by atoms with E-state index in [-0.39, 0.29) is 11.6 Å². The van der Waals surface area contributed by atoms with Gasteiger partial charge in [-0.2, -0.15) is 0 Å². The summed E-state index contributed by atoms with van der Waals surface area (Å²) >= 11 is 3.30. The molecule has 2 heterocycles. The monoisotopic (exact) mass is 324 g/mol. The van der Waals surface area contributed by atoms with Crippen molar-refractivity contribution < 1.29 is 0 Å². The molecule has 0 radical (unpaired) electrons. The summed E-state index contributed by atoms with van der Waals surface area (Å²) < 4.78 is 2.51. The normalized spacial score (nSPS) is 11.2. The smallest absolute Gasteiger partial charge is 0.265 e. The molecule has 0 aliphatic rings. The van der Waals surface area contributed by atoms with Gasteiger partial charge in [-0.25, -0.2) is 9.97 Å². The number of aromatic nitrogens is 4. The molecule has 0 saturated heterocycles. The Kier molecular flexibility index (Phi) is 4.19. The minimum atomic E-state index is -0.148. The Balaban J connectivity index is 2.56. The molecule has 0 aliphatic heterocycles. The van der Waals surface area contributed by atoms with Crippen LogP contribution in [0.2, 0.25) is 0 Å². The third-order valence-corrected chi connectivity index (χ3v) is 3.70. The minimum absolute atomic E-state index is 0.148. The fraction of sp³-hybridized carbons (Fsp3) is 0.462. The van der Waals surface area contributed by atoms with Crippen molar-refractivity contribution in [3.8, 4) is 11.5 Å². The SMILES string of the molecule is CCCc1nc(-c2cncn2C(C)C)[nH]c(=O)c1Br. The van der Waals surface area contributed by atoms with E-state index in [4.69, 9.17) is 0 Å². The lowest BCUT2D eigenvalue weighted by Gasteiger charge is -2.12. The molecule has 2 aromatic rings. The lowest BCUT2D eigenvalue weighted by molar-refractivity contribution is 0.602. The molecule has 0 unspecified atom stereocenters. The molecule has 0 spiro atoms. The van der Waals surface area contributed by atoms with Crippen LogP contribution in [-0.4, -0.2) is 19.5 Å². The molecule has 19 heavy (non-hydrogen) atoms. The van der Waals surface area contributed by atoms with Crippen LogP contribution in [0.3, 0.4) is 0 Å². The van der Waals surface area contributed by atoms with Gasteiger partial charge in [-0.15, -0.1) is 0 Å². The molecule has 0 amide bonds. The second kappa shape index (κ2) is 5.69. The average Bonchev–Trinajstić information content (AvgIpc) is 2.84. The summed E-state index contributed by atoms with van der Waals surface area (Å²) in [5, 5.41) is 0. The van der Waals surface area contributed by atoms with E-state index >= 15 is 0 Å². The van der Waals surface area contributed by atoms with Gasteiger partial charge in [-0.3, -0.25) is 4.79 Å². The van der Waals surface area contributed by atoms with E-state index < -0.39 is 0 Å². The van der Waals surface area contributed by atoms with Crippen LogP contribution in [0, 0.1) is 0 Å². The van der Waals surface area contributed by atoms with Gasteiger partial charge in [0.15, 0.2) is 5.82 Å². The molecule has 2 aromatic heterocycles. The third kappa shape index (κ3) is 2.78. The molecular formula is C13H17BrN4O. The number of nitrogens with zero attached hydrogens (tertiary/aromatic N) is 3. The van der Waals surface area contributed by atoms with Gasteiger partial charge in [-0.1, -0.05) is 13.3 Å². The molecule has 0 saturated carbocycles. The van der Waals surface area contributed by atoms with E-state index in [0.717, 1.165) is 24.2 Å². The summed E-state index contributed by atoms with van der Waals surface area (Å²) in [4.78, 5) is 23.4. The number of H-pyrrole nitrogens is 1. The predicted octanol–water partition coefficient (Wildman–Crippen LogP) is 2.93. The molecule has 102 valence electrons. The van der Waals surface area contributed by atoms with E-state index in [0.29, 0.717) is 10.3 Å². The van der Waals surface area contributed by atoms with Gasteiger partial charge < -0.3 is 9.55 Å². The van der Waals surface area contributed by atoms with Gasteiger partial charge >= 0.3 is 0 Å². The first-order valence-corrected chi connectivity index (χ1v) is 7.14. The Morgan fingerprint density at radius 3 is 2.84 bits per heavy atom. The molecule has 2 rings (SSSR count). The highest BCUT2D eigenvalue weighted by molar-refractivity contribution is 9.10. The Bertz CT molecular complexity index is 630. The van der Waals surface area contributed by atoms with Gasteiger partial charge in [0.25, 0.3) is 5.56 Å². The third-order valence-electron chi connectivity index (χ3n) is 2.88. The summed E-state index contributed by atoms with van der Waals surface area (Å²) in [5.41, 5.74) is 1.47. The zero-order valence-electron chi connectivity index (χ0n) is 11.3. The Labute approximate surface area is 120 Å². The maximum absolute atomic E-state index is 11.9. The number of rotatable bonds is 4. The van der Waals surface area contributed by atoms with Crippen LogP contribution in [0.1, 0.15) is 38.9 Å². The van der Waals surface area contributed by atoms with Crippen molar-refractivity contribution in [3.63, 3.8) is 0 Å². The van der Waals surface area contributed by atoms with Crippen LogP contribution in [0.4, 0.5) is 0 Å². The molecule has 0 atom stereocenters. The zero-order valence-corrected chi connectivity index (χ0v) is 12.9. The number of nitrogens with one attached hydrogen (secondary N) is 1. The summed E-state index contributed by atoms with van der Waals surface area (Å²) in [6, 6.07) is 0.265. The van der Waals surface area contributed by atoms with E-state index in [2.05, 4.69) is 51.7 Å². The van der Waals surface area contributed by atoms with Gasteiger partial charge in [0.1, 0.15) is 10.2 Å². The van der Waals surface area contributed by atoms with Crippen molar-refractivity contribution in [2.75, 3.05) is 0 Å². The van der Waals surface area contributed by atoms with Crippen molar-refractivity contribution in [1.29, 1.82) is 0 Å². The molecule has 6 heteroatoms. The van der Waals surface area contributed by atoms with Crippen LogP contribution in [0.15, 0.2) is 21.8 Å². The van der Waals surface area contributed by atoms with Crippen molar-refractivity contribution in [2.24, 2.45) is 0 Å². The summed E-state index contributed by atoms with van der Waals surface area (Å²) in [5.74, 6) is 0.572. The molecule has 0 aliphatic carbocycles.